The zero-order chi connectivity index (χ0) is 17.5. The number of hydrogen-bond acceptors (Lipinski definition) is 6. The number of nitro benzene ring substituents is 1. The Kier molecular flexibility index (Phi) is 5.45. The molecule has 0 atom stereocenters. The maximum absolute atomic E-state index is 12.0. The van der Waals surface area contributed by atoms with Crippen LogP contribution in [0.5, 0.6) is 11.5 Å². The van der Waals surface area contributed by atoms with Crippen LogP contribution in [0.25, 0.3) is 0 Å². The second-order valence-corrected chi connectivity index (χ2v) is 4.63. The molecule has 0 radical (unpaired) electrons. The molecular weight excluding hydrogens is 318 g/mol. The fourth-order valence-electron chi connectivity index (χ4n) is 1.80. The van der Waals surface area contributed by atoms with E-state index in [2.05, 4.69) is 0 Å². The number of carbonyl (C=O) groups is 2. The van der Waals surface area contributed by atoms with Crippen LogP contribution in [0.2, 0.25) is 0 Å². The summed E-state index contributed by atoms with van der Waals surface area (Å²) in [6.45, 7) is -0.250. The zero-order valence-corrected chi connectivity index (χ0v) is 12.4. The fraction of sp³-hybridized carbons (Fsp3) is 0.125. The number of benzene rings is 2. The molecule has 2 rings (SSSR count). The molecular formula is C16H13NO7. The third-order valence-corrected chi connectivity index (χ3v) is 2.93. The van der Waals surface area contributed by atoms with E-state index in [9.17, 15) is 19.7 Å². The molecule has 0 fully saturated rings. The lowest BCUT2D eigenvalue weighted by atomic mass is 10.2. The Balaban J connectivity index is 2.11. The van der Waals surface area contributed by atoms with Crippen LogP contribution in [0.3, 0.4) is 0 Å². The minimum absolute atomic E-state index is 0.0799. The number of esters is 1. The van der Waals surface area contributed by atoms with Crippen LogP contribution in [0.4, 0.5) is 5.69 Å². The summed E-state index contributed by atoms with van der Waals surface area (Å²) in [7, 11) is 0. The van der Waals surface area contributed by atoms with E-state index >= 15 is 0 Å². The molecule has 2 aromatic carbocycles. The van der Waals surface area contributed by atoms with Gasteiger partial charge in [0.05, 0.1) is 11.3 Å². The molecule has 0 saturated heterocycles. The van der Waals surface area contributed by atoms with Crippen LogP contribution in [0.1, 0.15) is 16.8 Å². The zero-order valence-electron chi connectivity index (χ0n) is 12.4. The van der Waals surface area contributed by atoms with Gasteiger partial charge in [-0.25, -0.2) is 4.79 Å². The summed E-state index contributed by atoms with van der Waals surface area (Å²) in [6, 6.07) is 11.6. The Labute approximate surface area is 136 Å². The second-order valence-electron chi connectivity index (χ2n) is 4.63. The lowest BCUT2D eigenvalue weighted by Crippen LogP contribution is -2.10. The average molecular weight is 331 g/mol. The van der Waals surface area contributed by atoms with Crippen molar-refractivity contribution in [2.24, 2.45) is 0 Å². The molecule has 8 nitrogen and oxygen atoms in total. The summed E-state index contributed by atoms with van der Waals surface area (Å²) in [5.74, 6) is -1.27. The highest BCUT2D eigenvalue weighted by Gasteiger charge is 2.15. The van der Waals surface area contributed by atoms with Crippen LogP contribution in [-0.2, 0) is 9.53 Å². The summed E-state index contributed by atoms with van der Waals surface area (Å²) >= 11 is 0. The quantitative estimate of drug-likeness (QED) is 0.471. The van der Waals surface area contributed by atoms with E-state index in [1.54, 1.807) is 12.1 Å². The molecule has 0 spiro atoms. The van der Waals surface area contributed by atoms with Crippen molar-refractivity contribution in [2.75, 3.05) is 6.61 Å². The van der Waals surface area contributed by atoms with Crippen molar-refractivity contribution in [1.29, 1.82) is 0 Å². The number of nitrogens with zero attached hydrogens (tertiary/aromatic N) is 1. The predicted octanol–water partition coefficient (Wildman–Crippen LogP) is 3.02. The second kappa shape index (κ2) is 7.73. The van der Waals surface area contributed by atoms with Crippen molar-refractivity contribution >= 4 is 17.6 Å². The summed E-state index contributed by atoms with van der Waals surface area (Å²) in [5.41, 5.74) is 0.0463. The minimum Gasteiger partial charge on any atom is -0.481 e. The highest BCUT2D eigenvalue weighted by molar-refractivity contribution is 5.92. The molecule has 24 heavy (non-hydrogen) atoms. The molecule has 124 valence electrons. The van der Waals surface area contributed by atoms with Crippen molar-refractivity contribution in [1.82, 2.24) is 0 Å². The Hall–Kier alpha value is -3.42. The van der Waals surface area contributed by atoms with E-state index in [1.807, 2.05) is 0 Å². The van der Waals surface area contributed by atoms with Gasteiger partial charge in [-0.1, -0.05) is 12.1 Å². The third kappa shape index (κ3) is 4.54. The number of non-ortho nitro benzene ring substituents is 1. The SMILES string of the molecule is O=C(O)CCOC(=O)c1ccccc1Oc1ccc([N+](=O)[O-])cc1. The van der Waals surface area contributed by atoms with Crippen LogP contribution >= 0.6 is 0 Å². The van der Waals surface area contributed by atoms with E-state index in [1.165, 1.54) is 36.4 Å². The summed E-state index contributed by atoms with van der Waals surface area (Å²) in [4.78, 5) is 32.5. The van der Waals surface area contributed by atoms with Gasteiger partial charge < -0.3 is 14.6 Å². The Morgan fingerprint density at radius 1 is 1.08 bits per heavy atom. The van der Waals surface area contributed by atoms with E-state index in [4.69, 9.17) is 14.6 Å². The van der Waals surface area contributed by atoms with Gasteiger partial charge in [0.25, 0.3) is 5.69 Å². The van der Waals surface area contributed by atoms with Crippen LogP contribution in [0, 0.1) is 10.1 Å². The normalized spacial score (nSPS) is 10.0. The Bertz CT molecular complexity index is 755. The number of para-hydroxylation sites is 1. The number of carboxylic acids is 1. The topological polar surface area (TPSA) is 116 Å². The fourth-order valence-corrected chi connectivity index (χ4v) is 1.80. The molecule has 0 heterocycles. The molecule has 0 unspecified atom stereocenters. The van der Waals surface area contributed by atoms with Gasteiger partial charge in [0.15, 0.2) is 0 Å². The van der Waals surface area contributed by atoms with Crippen LogP contribution in [-0.4, -0.2) is 28.6 Å². The number of carboxylic acid groups (broad SMARTS) is 1. The van der Waals surface area contributed by atoms with Crippen molar-refractivity contribution < 1.29 is 29.1 Å². The van der Waals surface area contributed by atoms with Crippen molar-refractivity contribution in [3.8, 4) is 11.5 Å². The maximum Gasteiger partial charge on any atom is 0.341 e. The summed E-state index contributed by atoms with van der Waals surface area (Å²) < 4.78 is 10.4. The van der Waals surface area contributed by atoms with Gasteiger partial charge in [-0.05, 0) is 24.3 Å². The van der Waals surface area contributed by atoms with Gasteiger partial charge in [-0.3, -0.25) is 14.9 Å². The standard InChI is InChI=1S/C16H13NO7/c18-15(19)9-10-23-16(20)13-3-1-2-4-14(13)24-12-7-5-11(6-8-12)17(21)22/h1-8H,9-10H2,(H,18,19). The van der Waals surface area contributed by atoms with E-state index < -0.39 is 16.9 Å². The Morgan fingerprint density at radius 2 is 1.75 bits per heavy atom. The first-order valence-electron chi connectivity index (χ1n) is 6.87. The summed E-state index contributed by atoms with van der Waals surface area (Å²) in [5, 5.41) is 19.2. The van der Waals surface area contributed by atoms with E-state index in [-0.39, 0.29) is 30.0 Å². The van der Waals surface area contributed by atoms with Crippen LogP contribution < -0.4 is 4.74 Å². The van der Waals surface area contributed by atoms with Crippen molar-refractivity contribution in [2.45, 2.75) is 6.42 Å². The van der Waals surface area contributed by atoms with Gasteiger partial charge in [0.2, 0.25) is 0 Å². The van der Waals surface area contributed by atoms with Crippen molar-refractivity contribution in [3.63, 3.8) is 0 Å². The number of nitro groups is 1. The Morgan fingerprint density at radius 3 is 2.38 bits per heavy atom. The van der Waals surface area contributed by atoms with Gasteiger partial charge in [-0.15, -0.1) is 0 Å². The first kappa shape index (κ1) is 16.9. The lowest BCUT2D eigenvalue weighted by molar-refractivity contribution is -0.384. The minimum atomic E-state index is -1.07. The first-order chi connectivity index (χ1) is 11.5. The molecule has 0 aliphatic heterocycles. The number of rotatable bonds is 7. The highest BCUT2D eigenvalue weighted by atomic mass is 16.6. The average Bonchev–Trinajstić information content (AvgIpc) is 2.55. The smallest absolute Gasteiger partial charge is 0.341 e. The first-order valence-corrected chi connectivity index (χ1v) is 6.87. The molecule has 0 aromatic heterocycles. The maximum atomic E-state index is 12.0. The van der Waals surface area contributed by atoms with Gasteiger partial charge in [0.1, 0.15) is 23.7 Å². The third-order valence-electron chi connectivity index (χ3n) is 2.93. The lowest BCUT2D eigenvalue weighted by Gasteiger charge is -2.10. The predicted molar refractivity (Wildman–Crippen MR) is 82.1 cm³/mol. The van der Waals surface area contributed by atoms with Gasteiger partial charge in [0, 0.05) is 12.1 Å². The molecule has 0 aliphatic rings. The summed E-state index contributed by atoms with van der Waals surface area (Å²) in [6.07, 6.45) is -0.295. The number of ether oxygens (including phenoxy) is 2. The van der Waals surface area contributed by atoms with E-state index in [0.717, 1.165) is 0 Å². The highest BCUT2D eigenvalue weighted by Crippen LogP contribution is 2.27. The molecule has 1 N–H and O–H groups in total. The molecule has 0 aliphatic carbocycles. The molecule has 8 heteroatoms. The number of carbonyl (C=O) groups excluding carboxylic acids is 1. The van der Waals surface area contributed by atoms with E-state index in [0.29, 0.717) is 5.75 Å². The molecule has 0 bridgehead atoms. The molecule has 0 amide bonds. The molecule has 0 saturated carbocycles. The largest absolute Gasteiger partial charge is 0.481 e. The number of hydrogen-bond donors (Lipinski definition) is 1. The monoisotopic (exact) mass is 331 g/mol. The molecule has 2 aromatic rings. The van der Waals surface area contributed by atoms with Crippen LogP contribution in [0.15, 0.2) is 48.5 Å². The van der Waals surface area contributed by atoms with Gasteiger partial charge >= 0.3 is 11.9 Å². The van der Waals surface area contributed by atoms with Crippen molar-refractivity contribution in [3.05, 3.63) is 64.2 Å². The van der Waals surface area contributed by atoms with Gasteiger partial charge in [-0.2, -0.15) is 0 Å². The number of aliphatic carboxylic acids is 1.